The molecule has 0 radical (unpaired) electrons. The van der Waals surface area contributed by atoms with Gasteiger partial charge in [0.15, 0.2) is 22.6 Å². The Kier molecular flexibility index (Phi) is 8.79. The molecule has 51 heavy (non-hydrogen) atoms. The fraction of sp³-hybridized carbons (Fsp3) is 0.457. The molecule has 1 aliphatic carbocycles. The summed E-state index contributed by atoms with van der Waals surface area (Å²) in [5, 5.41) is 13.3. The van der Waals surface area contributed by atoms with Crippen molar-refractivity contribution >= 4 is 40.2 Å². The van der Waals surface area contributed by atoms with Crippen LogP contribution in [0.2, 0.25) is 0 Å². The molecule has 2 N–H and O–H groups in total. The average molecular weight is 706 g/mol. The third-order valence-corrected chi connectivity index (χ3v) is 10.3. The summed E-state index contributed by atoms with van der Waals surface area (Å²) in [5.74, 6) is -0.606. The normalized spacial score (nSPS) is 18.9. The molecule has 0 spiro atoms. The van der Waals surface area contributed by atoms with Gasteiger partial charge in [0.1, 0.15) is 24.4 Å². The SMILES string of the molecule is CCc1c(N2CCN(C(=O)c3ncnc(C)c3O)[C@H]3CC[C@@H]32)c(=O)c2nc(N3CCCC3)cnc2n1CC(=O)Nc1ccc(C(F)(F)F)cc1C. The lowest BCUT2D eigenvalue weighted by molar-refractivity contribution is -0.137. The fourth-order valence-corrected chi connectivity index (χ4v) is 7.49. The first-order valence-corrected chi connectivity index (χ1v) is 17.1. The molecule has 2 atom stereocenters. The van der Waals surface area contributed by atoms with Crippen LogP contribution in [0.5, 0.6) is 5.75 Å². The van der Waals surface area contributed by atoms with E-state index in [0.717, 1.165) is 38.1 Å². The zero-order chi connectivity index (χ0) is 36.2. The number of nitrogens with one attached hydrogen (secondary N) is 1. The van der Waals surface area contributed by atoms with Crippen molar-refractivity contribution in [3.63, 3.8) is 0 Å². The van der Waals surface area contributed by atoms with E-state index < -0.39 is 23.6 Å². The van der Waals surface area contributed by atoms with Crippen molar-refractivity contribution in [3.8, 4) is 5.75 Å². The van der Waals surface area contributed by atoms with Crippen LogP contribution >= 0.6 is 0 Å². The number of alkyl halides is 3. The molecule has 4 aromatic rings. The highest BCUT2D eigenvalue weighted by molar-refractivity contribution is 5.96. The predicted octanol–water partition coefficient (Wildman–Crippen LogP) is 4.22. The number of benzene rings is 1. The van der Waals surface area contributed by atoms with Crippen LogP contribution in [0.25, 0.3) is 11.2 Å². The second-order valence-electron chi connectivity index (χ2n) is 13.3. The van der Waals surface area contributed by atoms with Gasteiger partial charge >= 0.3 is 6.18 Å². The van der Waals surface area contributed by atoms with E-state index in [-0.39, 0.29) is 64.5 Å². The van der Waals surface area contributed by atoms with Gasteiger partial charge in [-0.3, -0.25) is 14.4 Å². The Hall–Kier alpha value is -5.28. The number of carbonyl (C=O) groups is 2. The molecule has 5 heterocycles. The molecule has 16 heteroatoms. The minimum Gasteiger partial charge on any atom is -0.504 e. The quantitative estimate of drug-likeness (QED) is 0.286. The van der Waals surface area contributed by atoms with Gasteiger partial charge in [0, 0.05) is 43.6 Å². The van der Waals surface area contributed by atoms with E-state index in [4.69, 9.17) is 4.98 Å². The van der Waals surface area contributed by atoms with Crippen LogP contribution in [-0.2, 0) is 23.9 Å². The first kappa shape index (κ1) is 34.2. The van der Waals surface area contributed by atoms with E-state index in [9.17, 15) is 32.7 Å². The third-order valence-electron chi connectivity index (χ3n) is 10.3. The zero-order valence-electron chi connectivity index (χ0n) is 28.5. The first-order chi connectivity index (χ1) is 24.4. The number of hydrogen-bond acceptors (Lipinski definition) is 10. The van der Waals surface area contributed by atoms with Gasteiger partial charge in [-0.05, 0) is 69.7 Å². The van der Waals surface area contributed by atoms with Crippen LogP contribution in [0.3, 0.4) is 0 Å². The topological polar surface area (TPSA) is 150 Å². The molecule has 1 saturated carbocycles. The highest BCUT2D eigenvalue weighted by Gasteiger charge is 2.47. The average Bonchev–Trinajstić information content (AvgIpc) is 3.63. The number of rotatable bonds is 7. The molecule has 2 saturated heterocycles. The van der Waals surface area contributed by atoms with Gasteiger partial charge in [0.25, 0.3) is 5.91 Å². The Morgan fingerprint density at radius 3 is 2.43 bits per heavy atom. The van der Waals surface area contributed by atoms with Crippen molar-refractivity contribution in [1.29, 1.82) is 0 Å². The summed E-state index contributed by atoms with van der Waals surface area (Å²) in [6.07, 6.45) is 2.07. The lowest BCUT2D eigenvalue weighted by Gasteiger charge is -2.54. The number of halogens is 3. The van der Waals surface area contributed by atoms with E-state index in [1.807, 2.05) is 11.8 Å². The monoisotopic (exact) mass is 705 g/mol. The van der Waals surface area contributed by atoms with Gasteiger partial charge in [-0.15, -0.1) is 0 Å². The summed E-state index contributed by atoms with van der Waals surface area (Å²) in [7, 11) is 0. The van der Waals surface area contributed by atoms with Crippen LogP contribution in [0, 0.1) is 13.8 Å². The van der Waals surface area contributed by atoms with Crippen LogP contribution in [0.15, 0.2) is 35.5 Å². The molecular weight excluding hydrogens is 667 g/mol. The number of anilines is 3. The maximum absolute atomic E-state index is 14.6. The van der Waals surface area contributed by atoms with E-state index in [1.54, 1.807) is 22.6 Å². The van der Waals surface area contributed by atoms with Gasteiger partial charge in [-0.1, -0.05) is 6.92 Å². The molecule has 0 bridgehead atoms. The van der Waals surface area contributed by atoms with Crippen LogP contribution in [-0.4, -0.2) is 84.6 Å². The summed E-state index contributed by atoms with van der Waals surface area (Å²) < 4.78 is 41.5. The number of piperazine rings is 1. The molecule has 13 nitrogen and oxygen atoms in total. The summed E-state index contributed by atoms with van der Waals surface area (Å²) >= 11 is 0. The highest BCUT2D eigenvalue weighted by atomic mass is 19.4. The summed E-state index contributed by atoms with van der Waals surface area (Å²) in [6, 6.07) is 2.67. The minimum atomic E-state index is -4.52. The van der Waals surface area contributed by atoms with Gasteiger partial charge in [0.2, 0.25) is 11.3 Å². The molecule has 0 unspecified atom stereocenters. The predicted molar refractivity (Wildman–Crippen MR) is 183 cm³/mol. The van der Waals surface area contributed by atoms with E-state index in [0.29, 0.717) is 48.7 Å². The molecule has 3 fully saturated rings. The van der Waals surface area contributed by atoms with E-state index in [2.05, 4.69) is 25.2 Å². The van der Waals surface area contributed by atoms with Crippen molar-refractivity contribution in [2.24, 2.45) is 0 Å². The molecule has 2 aliphatic heterocycles. The molecule has 7 rings (SSSR count). The Morgan fingerprint density at radius 1 is 1.02 bits per heavy atom. The second-order valence-corrected chi connectivity index (χ2v) is 13.3. The van der Waals surface area contributed by atoms with Crippen molar-refractivity contribution in [1.82, 2.24) is 29.4 Å². The number of fused-ring (bicyclic) bond motifs is 2. The van der Waals surface area contributed by atoms with Gasteiger partial charge in [0.05, 0.1) is 23.5 Å². The zero-order valence-corrected chi connectivity index (χ0v) is 28.5. The van der Waals surface area contributed by atoms with Crippen LogP contribution < -0.4 is 20.5 Å². The standard InChI is InChI=1S/C35H38F3N9O4/c1-4-23-30(45-13-14-46(25-10-9-24(25)45)34(51)29-31(49)20(3)40-18-41-29)32(50)28-33(39-16-26(43-28)44-11-5-6-12-44)47(23)17-27(48)42-22-8-7-21(15-19(22)2)35(36,37)38/h7-8,15-16,18,24-25,49H,4-6,9-14,17H2,1-3H3,(H,42,48)/t24-,25-/m0/s1. The highest BCUT2D eigenvalue weighted by Crippen LogP contribution is 2.39. The number of amides is 2. The number of pyridine rings is 1. The van der Waals surface area contributed by atoms with Gasteiger partial charge < -0.3 is 29.7 Å². The van der Waals surface area contributed by atoms with Gasteiger partial charge in [-0.2, -0.15) is 13.2 Å². The number of hydrogen-bond donors (Lipinski definition) is 2. The number of aryl methyl sites for hydroxylation is 2. The van der Waals surface area contributed by atoms with Crippen molar-refractivity contribution < 1.29 is 27.9 Å². The van der Waals surface area contributed by atoms with Crippen LogP contribution in [0.4, 0.5) is 30.4 Å². The Labute approximate surface area is 291 Å². The fourth-order valence-electron chi connectivity index (χ4n) is 7.49. The number of aromatic hydroxyl groups is 1. The molecular formula is C35H38F3N9O4. The maximum Gasteiger partial charge on any atom is 0.416 e. The van der Waals surface area contributed by atoms with Crippen molar-refractivity contribution in [2.45, 2.75) is 77.7 Å². The number of nitrogens with zero attached hydrogens (tertiary/aromatic N) is 8. The lowest BCUT2D eigenvalue weighted by atomic mass is 9.81. The van der Waals surface area contributed by atoms with Crippen LogP contribution in [0.1, 0.15) is 65.6 Å². The molecule has 2 amide bonds. The third kappa shape index (κ3) is 6.09. The number of carbonyl (C=O) groups excluding carboxylic acids is 2. The summed E-state index contributed by atoms with van der Waals surface area (Å²) in [5.41, 5.74) is 0.883. The Balaban J connectivity index is 1.27. The lowest BCUT2D eigenvalue weighted by Crippen LogP contribution is -2.67. The molecule has 1 aromatic carbocycles. The van der Waals surface area contributed by atoms with Crippen molar-refractivity contribution in [2.75, 3.05) is 41.3 Å². The maximum atomic E-state index is 14.6. The smallest absolute Gasteiger partial charge is 0.416 e. The molecule has 3 aliphatic rings. The summed E-state index contributed by atoms with van der Waals surface area (Å²) in [4.78, 5) is 65.1. The second kappa shape index (κ2) is 13.1. The Bertz CT molecular complexity index is 2100. The molecule has 268 valence electrons. The number of aromatic nitrogens is 5. The van der Waals surface area contributed by atoms with Crippen molar-refractivity contribution in [3.05, 3.63) is 69.2 Å². The largest absolute Gasteiger partial charge is 0.504 e. The Morgan fingerprint density at radius 2 is 1.76 bits per heavy atom. The molecule has 3 aromatic heterocycles. The van der Waals surface area contributed by atoms with Gasteiger partial charge in [-0.25, -0.2) is 19.9 Å². The van der Waals surface area contributed by atoms with E-state index >= 15 is 0 Å². The first-order valence-electron chi connectivity index (χ1n) is 17.1. The summed E-state index contributed by atoms with van der Waals surface area (Å²) in [6.45, 7) is 6.82. The van der Waals surface area contributed by atoms with E-state index in [1.165, 1.54) is 19.3 Å². The minimum absolute atomic E-state index is 0.0667.